The quantitative estimate of drug-likeness (QED) is 0.903. The number of halogens is 1. The molecule has 0 aliphatic rings. The monoisotopic (exact) mass is 303 g/mol. The summed E-state index contributed by atoms with van der Waals surface area (Å²) in [6.07, 6.45) is 0. The van der Waals surface area contributed by atoms with Crippen molar-refractivity contribution in [2.45, 2.75) is 13.8 Å². The highest BCUT2D eigenvalue weighted by Crippen LogP contribution is 2.24. The Bertz CT molecular complexity index is 725. The van der Waals surface area contributed by atoms with Crippen LogP contribution in [-0.4, -0.2) is 17.0 Å². The second kappa shape index (κ2) is 5.97. The molecule has 0 saturated heterocycles. The van der Waals surface area contributed by atoms with Crippen molar-refractivity contribution in [1.82, 2.24) is 0 Å². The van der Waals surface area contributed by atoms with Crippen LogP contribution in [0.1, 0.15) is 31.8 Å². The first kappa shape index (κ1) is 15.1. The van der Waals surface area contributed by atoms with E-state index < -0.39 is 5.97 Å². The number of carbonyl (C=O) groups is 2. The summed E-state index contributed by atoms with van der Waals surface area (Å²) < 4.78 is 0. The molecule has 0 aliphatic carbocycles. The van der Waals surface area contributed by atoms with Crippen LogP contribution in [0.25, 0.3) is 0 Å². The Balaban J connectivity index is 2.33. The third-order valence-electron chi connectivity index (χ3n) is 3.10. The topological polar surface area (TPSA) is 66.4 Å². The van der Waals surface area contributed by atoms with Crippen molar-refractivity contribution in [1.29, 1.82) is 0 Å². The molecule has 0 spiro atoms. The van der Waals surface area contributed by atoms with Crippen LogP contribution < -0.4 is 5.32 Å². The summed E-state index contributed by atoms with van der Waals surface area (Å²) in [4.78, 5) is 23.3. The Morgan fingerprint density at radius 1 is 1.10 bits per heavy atom. The lowest BCUT2D eigenvalue weighted by Crippen LogP contribution is -2.14. The molecule has 0 heterocycles. The van der Waals surface area contributed by atoms with E-state index in [9.17, 15) is 9.59 Å². The molecule has 108 valence electrons. The lowest BCUT2D eigenvalue weighted by Gasteiger charge is -2.10. The molecule has 0 fully saturated rings. The molecule has 2 aromatic rings. The number of anilines is 1. The van der Waals surface area contributed by atoms with Gasteiger partial charge < -0.3 is 10.4 Å². The molecular formula is C16H14ClNO3. The lowest BCUT2D eigenvalue weighted by atomic mass is 10.0. The van der Waals surface area contributed by atoms with Gasteiger partial charge in [0.25, 0.3) is 5.91 Å². The van der Waals surface area contributed by atoms with Gasteiger partial charge in [0, 0.05) is 5.56 Å². The van der Waals surface area contributed by atoms with E-state index >= 15 is 0 Å². The summed E-state index contributed by atoms with van der Waals surface area (Å²) in [6, 6.07) is 9.74. The molecule has 2 N–H and O–H groups in total. The third-order valence-corrected chi connectivity index (χ3v) is 3.43. The second-order valence-corrected chi connectivity index (χ2v) is 5.18. The van der Waals surface area contributed by atoms with Crippen molar-refractivity contribution < 1.29 is 14.7 Å². The third kappa shape index (κ3) is 3.41. The van der Waals surface area contributed by atoms with Crippen LogP contribution in [0.2, 0.25) is 5.02 Å². The molecule has 4 nitrogen and oxygen atoms in total. The predicted molar refractivity (Wildman–Crippen MR) is 82.3 cm³/mol. The van der Waals surface area contributed by atoms with E-state index in [0.717, 1.165) is 11.1 Å². The summed E-state index contributed by atoms with van der Waals surface area (Å²) in [5.74, 6) is -1.39. The first-order valence-corrected chi connectivity index (χ1v) is 6.67. The van der Waals surface area contributed by atoms with Crippen molar-refractivity contribution in [2.75, 3.05) is 5.32 Å². The van der Waals surface area contributed by atoms with Gasteiger partial charge in [0.2, 0.25) is 0 Å². The highest BCUT2D eigenvalue weighted by molar-refractivity contribution is 6.34. The molecule has 2 rings (SSSR count). The number of aromatic carboxylic acids is 1. The SMILES string of the molecule is Cc1ccc(C)c(C(=O)Nc2cc(C(=O)O)ccc2Cl)c1. The number of benzene rings is 2. The molecule has 0 bridgehead atoms. The number of carboxylic acids is 1. The van der Waals surface area contributed by atoms with Gasteiger partial charge in [0.1, 0.15) is 0 Å². The standard InChI is InChI=1S/C16H14ClNO3/c1-9-3-4-10(2)12(7-9)15(19)18-14-8-11(16(20)21)5-6-13(14)17/h3-8H,1-2H3,(H,18,19)(H,20,21). The number of hydrogen-bond acceptors (Lipinski definition) is 2. The summed E-state index contributed by atoms with van der Waals surface area (Å²) in [6.45, 7) is 3.73. The minimum absolute atomic E-state index is 0.0654. The minimum Gasteiger partial charge on any atom is -0.478 e. The number of amides is 1. The first-order valence-electron chi connectivity index (χ1n) is 6.30. The van der Waals surface area contributed by atoms with E-state index in [-0.39, 0.29) is 17.2 Å². The van der Waals surface area contributed by atoms with E-state index in [4.69, 9.17) is 16.7 Å². The Morgan fingerprint density at radius 2 is 1.81 bits per heavy atom. The summed E-state index contributed by atoms with van der Waals surface area (Å²) in [5.41, 5.74) is 2.68. The maximum atomic E-state index is 12.3. The first-order chi connectivity index (χ1) is 9.88. The van der Waals surface area contributed by atoms with Crippen molar-refractivity contribution in [3.8, 4) is 0 Å². The molecular weight excluding hydrogens is 290 g/mol. The van der Waals surface area contributed by atoms with Crippen LogP contribution in [0.4, 0.5) is 5.69 Å². The van der Waals surface area contributed by atoms with Crippen LogP contribution in [0.5, 0.6) is 0 Å². The van der Waals surface area contributed by atoms with E-state index in [1.165, 1.54) is 18.2 Å². The van der Waals surface area contributed by atoms with Gasteiger partial charge in [-0.2, -0.15) is 0 Å². The van der Waals surface area contributed by atoms with Crippen molar-refractivity contribution in [3.05, 3.63) is 63.7 Å². The smallest absolute Gasteiger partial charge is 0.335 e. The fraction of sp³-hybridized carbons (Fsp3) is 0.125. The normalized spacial score (nSPS) is 10.2. The summed E-state index contributed by atoms with van der Waals surface area (Å²) in [5, 5.41) is 11.9. The Hall–Kier alpha value is -2.33. The fourth-order valence-corrected chi connectivity index (χ4v) is 2.09. The molecule has 0 aromatic heterocycles. The number of nitrogens with one attached hydrogen (secondary N) is 1. The highest BCUT2D eigenvalue weighted by atomic mass is 35.5. The predicted octanol–water partition coefficient (Wildman–Crippen LogP) is 3.91. The van der Waals surface area contributed by atoms with Crippen LogP contribution in [-0.2, 0) is 0 Å². The molecule has 0 unspecified atom stereocenters. The number of carboxylic acid groups (broad SMARTS) is 1. The zero-order chi connectivity index (χ0) is 15.6. The van der Waals surface area contributed by atoms with Gasteiger partial charge in [-0.1, -0.05) is 29.3 Å². The van der Waals surface area contributed by atoms with Gasteiger partial charge in [-0.05, 0) is 43.7 Å². The van der Waals surface area contributed by atoms with Crippen molar-refractivity contribution >= 4 is 29.2 Å². The van der Waals surface area contributed by atoms with Crippen LogP contribution in [0.3, 0.4) is 0 Å². The van der Waals surface area contributed by atoms with E-state index in [1.54, 1.807) is 6.07 Å². The Labute approximate surface area is 127 Å². The average Bonchev–Trinajstić information content (AvgIpc) is 2.43. The molecule has 21 heavy (non-hydrogen) atoms. The summed E-state index contributed by atoms with van der Waals surface area (Å²) >= 11 is 6.00. The van der Waals surface area contributed by atoms with Crippen LogP contribution in [0.15, 0.2) is 36.4 Å². The second-order valence-electron chi connectivity index (χ2n) is 4.77. The number of rotatable bonds is 3. The number of hydrogen-bond donors (Lipinski definition) is 2. The largest absolute Gasteiger partial charge is 0.478 e. The lowest BCUT2D eigenvalue weighted by molar-refractivity contribution is 0.0696. The van der Waals surface area contributed by atoms with E-state index in [1.807, 2.05) is 26.0 Å². The zero-order valence-corrected chi connectivity index (χ0v) is 12.4. The molecule has 0 atom stereocenters. The zero-order valence-electron chi connectivity index (χ0n) is 11.6. The minimum atomic E-state index is -1.08. The van der Waals surface area contributed by atoms with Gasteiger partial charge >= 0.3 is 5.97 Å². The van der Waals surface area contributed by atoms with E-state index in [0.29, 0.717) is 10.6 Å². The maximum Gasteiger partial charge on any atom is 0.335 e. The molecule has 0 aliphatic heterocycles. The van der Waals surface area contributed by atoms with Gasteiger partial charge in [0.05, 0.1) is 16.3 Å². The average molecular weight is 304 g/mol. The fourth-order valence-electron chi connectivity index (χ4n) is 1.92. The number of carbonyl (C=O) groups excluding carboxylic acids is 1. The molecule has 2 aromatic carbocycles. The molecule has 0 radical (unpaired) electrons. The summed E-state index contributed by atoms with van der Waals surface area (Å²) in [7, 11) is 0. The number of aryl methyl sites for hydroxylation is 2. The Morgan fingerprint density at radius 3 is 2.48 bits per heavy atom. The molecule has 5 heteroatoms. The van der Waals surface area contributed by atoms with Crippen molar-refractivity contribution in [3.63, 3.8) is 0 Å². The molecule has 0 saturated carbocycles. The van der Waals surface area contributed by atoms with Crippen molar-refractivity contribution in [2.24, 2.45) is 0 Å². The van der Waals surface area contributed by atoms with Crippen LogP contribution in [0, 0.1) is 13.8 Å². The van der Waals surface area contributed by atoms with Gasteiger partial charge in [0.15, 0.2) is 0 Å². The van der Waals surface area contributed by atoms with Gasteiger partial charge in [-0.25, -0.2) is 4.79 Å². The molecule has 1 amide bonds. The Kier molecular flexibility index (Phi) is 4.29. The van der Waals surface area contributed by atoms with Gasteiger partial charge in [-0.15, -0.1) is 0 Å². The van der Waals surface area contributed by atoms with Crippen LogP contribution >= 0.6 is 11.6 Å². The van der Waals surface area contributed by atoms with Gasteiger partial charge in [-0.3, -0.25) is 4.79 Å². The van der Waals surface area contributed by atoms with E-state index in [2.05, 4.69) is 5.32 Å². The maximum absolute atomic E-state index is 12.3. The highest BCUT2D eigenvalue weighted by Gasteiger charge is 2.13.